The van der Waals surface area contributed by atoms with Gasteiger partial charge in [0.15, 0.2) is 0 Å². The fourth-order valence-corrected chi connectivity index (χ4v) is 2.57. The first-order valence-corrected chi connectivity index (χ1v) is 6.86. The summed E-state index contributed by atoms with van der Waals surface area (Å²) < 4.78 is 5.15. The summed E-state index contributed by atoms with van der Waals surface area (Å²) in [6.07, 6.45) is 0.673. The van der Waals surface area contributed by atoms with Crippen LogP contribution in [0.15, 0.2) is 28.4 Å². The van der Waals surface area contributed by atoms with Gasteiger partial charge in [0.25, 0.3) is 5.56 Å². The smallest absolute Gasteiger partial charge is 0.344 e. The van der Waals surface area contributed by atoms with Crippen LogP contribution in [0.25, 0.3) is 0 Å². The van der Waals surface area contributed by atoms with Crippen LogP contribution in [0.2, 0.25) is 0 Å². The Kier molecular flexibility index (Phi) is 4.16. The molecule has 0 bridgehead atoms. The number of thiophene rings is 1. The Balaban J connectivity index is 2.02. The van der Waals surface area contributed by atoms with Gasteiger partial charge in [0.1, 0.15) is 5.56 Å². The average Bonchev–Trinajstić information content (AvgIpc) is 2.80. The van der Waals surface area contributed by atoms with Gasteiger partial charge in [-0.15, -0.1) is 11.3 Å². The Labute approximate surface area is 115 Å². The molecule has 0 aliphatic heterocycles. The summed E-state index contributed by atoms with van der Waals surface area (Å²) in [6.45, 7) is 3.80. The number of carbonyl (C=O) groups excluding carboxylic acids is 1. The van der Waals surface area contributed by atoms with Crippen molar-refractivity contribution in [2.45, 2.75) is 20.3 Å². The normalized spacial score (nSPS) is 10.4. The minimum absolute atomic E-state index is 0.0942. The Morgan fingerprint density at radius 1 is 1.42 bits per heavy atom. The second-order valence-electron chi connectivity index (χ2n) is 4.30. The highest BCUT2D eigenvalue weighted by molar-refractivity contribution is 7.09. The molecule has 0 fully saturated rings. The van der Waals surface area contributed by atoms with Crippen molar-refractivity contribution >= 4 is 17.3 Å². The second kappa shape index (κ2) is 5.84. The van der Waals surface area contributed by atoms with E-state index in [9.17, 15) is 9.59 Å². The average molecular weight is 277 g/mol. The Morgan fingerprint density at radius 2 is 2.21 bits per heavy atom. The largest absolute Gasteiger partial charge is 0.462 e. The number of hydrogen-bond acceptors (Lipinski definition) is 4. The molecule has 4 nitrogen and oxygen atoms in total. The van der Waals surface area contributed by atoms with Crippen LogP contribution in [0.1, 0.15) is 26.5 Å². The quantitative estimate of drug-likeness (QED) is 0.873. The molecule has 0 radical (unpaired) electrons. The van der Waals surface area contributed by atoms with Crippen molar-refractivity contribution in [2.24, 2.45) is 0 Å². The molecule has 0 spiro atoms. The molecule has 0 amide bonds. The topological polar surface area (TPSA) is 59.2 Å². The number of esters is 1. The van der Waals surface area contributed by atoms with Gasteiger partial charge in [0.2, 0.25) is 0 Å². The number of H-pyrrole nitrogens is 1. The first kappa shape index (κ1) is 13.5. The minimum Gasteiger partial charge on any atom is -0.462 e. The molecule has 0 aliphatic carbocycles. The van der Waals surface area contributed by atoms with E-state index in [0.29, 0.717) is 12.0 Å². The van der Waals surface area contributed by atoms with Gasteiger partial charge in [-0.1, -0.05) is 6.07 Å². The maximum atomic E-state index is 11.9. The lowest BCUT2D eigenvalue weighted by molar-refractivity contribution is 0.0507. The molecule has 2 aromatic heterocycles. The van der Waals surface area contributed by atoms with Crippen LogP contribution in [0.3, 0.4) is 0 Å². The van der Waals surface area contributed by atoms with Crippen LogP contribution in [-0.2, 0) is 11.2 Å². The van der Waals surface area contributed by atoms with E-state index in [1.807, 2.05) is 17.5 Å². The number of hydrogen-bond donors (Lipinski definition) is 1. The lowest BCUT2D eigenvalue weighted by Crippen LogP contribution is -2.22. The van der Waals surface area contributed by atoms with Crippen molar-refractivity contribution in [3.05, 3.63) is 55.6 Å². The predicted octanol–water partition coefficient (Wildman–Crippen LogP) is 2.45. The number of rotatable bonds is 4. The lowest BCUT2D eigenvalue weighted by Gasteiger charge is -2.06. The minimum atomic E-state index is -0.560. The van der Waals surface area contributed by atoms with E-state index < -0.39 is 11.5 Å². The third-order valence-electron chi connectivity index (χ3n) is 2.73. The van der Waals surface area contributed by atoms with Gasteiger partial charge < -0.3 is 9.72 Å². The van der Waals surface area contributed by atoms with Crippen LogP contribution < -0.4 is 5.56 Å². The number of ether oxygens (including phenoxy) is 1. The second-order valence-corrected chi connectivity index (χ2v) is 5.34. The highest BCUT2D eigenvalue weighted by Gasteiger charge is 2.15. The zero-order valence-corrected chi connectivity index (χ0v) is 11.7. The van der Waals surface area contributed by atoms with Crippen LogP contribution in [-0.4, -0.2) is 17.6 Å². The summed E-state index contributed by atoms with van der Waals surface area (Å²) in [5.41, 5.74) is 1.08. The summed E-state index contributed by atoms with van der Waals surface area (Å²) in [5.74, 6) is -0.560. The Bertz CT molecular complexity index is 629. The van der Waals surface area contributed by atoms with E-state index in [0.717, 1.165) is 10.6 Å². The van der Waals surface area contributed by atoms with Crippen molar-refractivity contribution in [2.75, 3.05) is 6.61 Å². The van der Waals surface area contributed by atoms with E-state index in [1.165, 1.54) is 0 Å². The van der Waals surface area contributed by atoms with E-state index >= 15 is 0 Å². The molecule has 2 heterocycles. The number of pyridine rings is 1. The van der Waals surface area contributed by atoms with E-state index in [1.54, 1.807) is 31.3 Å². The van der Waals surface area contributed by atoms with Gasteiger partial charge >= 0.3 is 5.97 Å². The highest BCUT2D eigenvalue weighted by Crippen LogP contribution is 2.10. The monoisotopic (exact) mass is 277 g/mol. The predicted molar refractivity (Wildman–Crippen MR) is 74.8 cm³/mol. The highest BCUT2D eigenvalue weighted by atomic mass is 32.1. The van der Waals surface area contributed by atoms with Gasteiger partial charge in [0.05, 0.1) is 6.61 Å². The van der Waals surface area contributed by atoms with Gasteiger partial charge in [-0.05, 0) is 36.9 Å². The van der Waals surface area contributed by atoms with Crippen molar-refractivity contribution in [1.29, 1.82) is 0 Å². The molecule has 5 heteroatoms. The molecule has 0 atom stereocenters. The molecule has 100 valence electrons. The number of carbonyl (C=O) groups is 1. The Hall–Kier alpha value is -1.88. The van der Waals surface area contributed by atoms with Crippen LogP contribution in [0, 0.1) is 13.8 Å². The molecular formula is C14H15NO3S. The van der Waals surface area contributed by atoms with Gasteiger partial charge in [-0.2, -0.15) is 0 Å². The van der Waals surface area contributed by atoms with Gasteiger partial charge in [0, 0.05) is 17.0 Å². The number of nitrogens with one attached hydrogen (secondary N) is 1. The van der Waals surface area contributed by atoms with Crippen LogP contribution >= 0.6 is 11.3 Å². The third kappa shape index (κ3) is 3.32. The van der Waals surface area contributed by atoms with Crippen molar-refractivity contribution in [1.82, 2.24) is 4.98 Å². The molecule has 0 saturated carbocycles. The molecule has 2 rings (SSSR count). The standard InChI is InChI=1S/C14H15NO3S/c1-9-8-10(2)15-13(16)12(9)14(17)18-6-5-11-4-3-7-19-11/h3-4,7-8H,5-6H2,1-2H3,(H,15,16). The van der Waals surface area contributed by atoms with E-state index in [2.05, 4.69) is 4.98 Å². The summed E-state index contributed by atoms with van der Waals surface area (Å²) in [4.78, 5) is 27.4. The summed E-state index contributed by atoms with van der Waals surface area (Å²) in [5, 5.41) is 1.98. The summed E-state index contributed by atoms with van der Waals surface area (Å²) in [6, 6.07) is 5.70. The van der Waals surface area contributed by atoms with Crippen LogP contribution in [0.4, 0.5) is 0 Å². The number of aryl methyl sites for hydroxylation is 2. The van der Waals surface area contributed by atoms with Gasteiger partial charge in [-0.3, -0.25) is 4.79 Å². The summed E-state index contributed by atoms with van der Waals surface area (Å²) >= 11 is 1.62. The van der Waals surface area contributed by atoms with Crippen molar-refractivity contribution in [3.63, 3.8) is 0 Å². The van der Waals surface area contributed by atoms with E-state index in [4.69, 9.17) is 4.74 Å². The molecule has 0 aromatic carbocycles. The fourth-order valence-electron chi connectivity index (χ4n) is 1.88. The van der Waals surface area contributed by atoms with Crippen molar-refractivity contribution < 1.29 is 9.53 Å². The van der Waals surface area contributed by atoms with Crippen molar-refractivity contribution in [3.8, 4) is 0 Å². The number of aromatic amines is 1. The molecule has 0 saturated heterocycles. The molecular weight excluding hydrogens is 262 g/mol. The molecule has 2 aromatic rings. The first-order chi connectivity index (χ1) is 9.08. The zero-order valence-electron chi connectivity index (χ0n) is 10.9. The first-order valence-electron chi connectivity index (χ1n) is 5.98. The maximum absolute atomic E-state index is 11.9. The lowest BCUT2D eigenvalue weighted by atomic mass is 10.1. The molecule has 19 heavy (non-hydrogen) atoms. The van der Waals surface area contributed by atoms with Crippen LogP contribution in [0.5, 0.6) is 0 Å². The van der Waals surface area contributed by atoms with Gasteiger partial charge in [-0.25, -0.2) is 4.79 Å². The Morgan fingerprint density at radius 3 is 2.84 bits per heavy atom. The SMILES string of the molecule is Cc1cc(C)c(C(=O)OCCc2cccs2)c(=O)[nH]1. The molecule has 0 unspecified atom stereocenters. The third-order valence-corrected chi connectivity index (χ3v) is 3.67. The molecule has 0 aliphatic rings. The zero-order chi connectivity index (χ0) is 13.8. The number of aromatic nitrogens is 1. The molecule has 1 N–H and O–H groups in total. The maximum Gasteiger partial charge on any atom is 0.344 e. The van der Waals surface area contributed by atoms with E-state index in [-0.39, 0.29) is 12.2 Å². The summed E-state index contributed by atoms with van der Waals surface area (Å²) in [7, 11) is 0. The fraction of sp³-hybridized carbons (Fsp3) is 0.286.